The standard InChI is InChI=1S/C17H23N5O2/c18-15-20-16(19)22(17(21-15)8-4-1-5-9-17)13-7-3-2-6-12(13)14-23-10-11-24-14/h2-3,6-7,14H,1,4-5,8-11H2,(H4,18,19,20,21). The van der Waals surface area contributed by atoms with Crippen molar-refractivity contribution in [1.29, 1.82) is 0 Å². The van der Waals surface area contributed by atoms with Gasteiger partial charge in [-0.1, -0.05) is 24.6 Å². The Bertz CT molecular complexity index is 675. The zero-order valence-corrected chi connectivity index (χ0v) is 13.6. The van der Waals surface area contributed by atoms with E-state index in [-0.39, 0.29) is 12.2 Å². The van der Waals surface area contributed by atoms with Crippen molar-refractivity contribution in [3.63, 3.8) is 0 Å². The van der Waals surface area contributed by atoms with E-state index in [2.05, 4.69) is 4.99 Å². The molecule has 0 amide bonds. The maximum atomic E-state index is 6.31. The lowest BCUT2D eigenvalue weighted by Gasteiger charge is -2.46. The minimum absolute atomic E-state index is 0.261. The summed E-state index contributed by atoms with van der Waals surface area (Å²) in [6, 6.07) is 8.00. The number of guanidine groups is 2. The minimum atomic E-state index is -0.455. The first-order valence-corrected chi connectivity index (χ1v) is 8.51. The number of aliphatic imine (C=N–C) groups is 2. The molecule has 0 bridgehead atoms. The molecule has 2 aliphatic heterocycles. The Morgan fingerprint density at radius 2 is 1.75 bits per heavy atom. The molecule has 7 nitrogen and oxygen atoms in total. The van der Waals surface area contributed by atoms with Gasteiger partial charge >= 0.3 is 0 Å². The van der Waals surface area contributed by atoms with Crippen LogP contribution in [0.2, 0.25) is 0 Å². The molecule has 1 spiro atoms. The monoisotopic (exact) mass is 329 g/mol. The summed E-state index contributed by atoms with van der Waals surface area (Å²) in [5.74, 6) is 0.645. The van der Waals surface area contributed by atoms with Gasteiger partial charge in [-0.3, -0.25) is 4.90 Å². The zero-order valence-electron chi connectivity index (χ0n) is 13.6. The van der Waals surface area contributed by atoms with Crippen molar-refractivity contribution in [3.05, 3.63) is 29.8 Å². The lowest BCUT2D eigenvalue weighted by Crippen LogP contribution is -2.58. The first-order chi connectivity index (χ1) is 11.7. The third-order valence-corrected chi connectivity index (χ3v) is 4.90. The van der Waals surface area contributed by atoms with Crippen LogP contribution in [0.4, 0.5) is 5.69 Å². The van der Waals surface area contributed by atoms with E-state index < -0.39 is 5.66 Å². The van der Waals surface area contributed by atoms with Crippen molar-refractivity contribution in [2.75, 3.05) is 18.1 Å². The van der Waals surface area contributed by atoms with Crippen molar-refractivity contribution >= 4 is 17.6 Å². The molecule has 1 aromatic carbocycles. The van der Waals surface area contributed by atoms with Gasteiger partial charge in [-0.15, -0.1) is 0 Å². The summed E-state index contributed by atoms with van der Waals surface area (Å²) in [6.45, 7) is 1.19. The Balaban J connectivity index is 1.80. The van der Waals surface area contributed by atoms with Crippen LogP contribution in [-0.4, -0.2) is 30.8 Å². The van der Waals surface area contributed by atoms with E-state index >= 15 is 0 Å². The van der Waals surface area contributed by atoms with Crippen LogP contribution in [0.15, 0.2) is 34.3 Å². The molecule has 7 heteroatoms. The summed E-state index contributed by atoms with van der Waals surface area (Å²) < 4.78 is 11.4. The van der Waals surface area contributed by atoms with Gasteiger partial charge in [-0.25, -0.2) is 4.99 Å². The van der Waals surface area contributed by atoms with Crippen molar-refractivity contribution in [3.8, 4) is 0 Å². The summed E-state index contributed by atoms with van der Waals surface area (Å²) in [7, 11) is 0. The lowest BCUT2D eigenvalue weighted by atomic mass is 9.87. The molecule has 3 aliphatic rings. The molecule has 1 aliphatic carbocycles. The van der Waals surface area contributed by atoms with Gasteiger partial charge in [0.15, 0.2) is 6.29 Å². The molecule has 0 atom stereocenters. The van der Waals surface area contributed by atoms with Crippen LogP contribution < -0.4 is 16.4 Å². The normalized spacial score (nSPS) is 24.1. The first-order valence-electron chi connectivity index (χ1n) is 8.51. The number of anilines is 1. The summed E-state index contributed by atoms with van der Waals surface area (Å²) in [4.78, 5) is 11.0. The third kappa shape index (κ3) is 2.53. The number of benzene rings is 1. The van der Waals surface area contributed by atoms with Crippen LogP contribution >= 0.6 is 0 Å². The Morgan fingerprint density at radius 1 is 1.04 bits per heavy atom. The van der Waals surface area contributed by atoms with Gasteiger partial charge < -0.3 is 20.9 Å². The largest absolute Gasteiger partial charge is 0.369 e. The topological polar surface area (TPSA) is 98.5 Å². The fourth-order valence-corrected chi connectivity index (χ4v) is 3.90. The molecule has 2 fully saturated rings. The molecule has 1 saturated carbocycles. The summed E-state index contributed by atoms with van der Waals surface area (Å²) >= 11 is 0. The molecule has 2 heterocycles. The predicted molar refractivity (Wildman–Crippen MR) is 92.6 cm³/mol. The number of nitrogens with two attached hydrogens (primary N) is 2. The van der Waals surface area contributed by atoms with E-state index in [1.807, 2.05) is 29.2 Å². The fraction of sp³-hybridized carbons (Fsp3) is 0.529. The minimum Gasteiger partial charge on any atom is -0.369 e. The smallest absolute Gasteiger partial charge is 0.220 e. The van der Waals surface area contributed by atoms with E-state index in [1.165, 1.54) is 6.42 Å². The van der Waals surface area contributed by atoms with Crippen LogP contribution in [0.3, 0.4) is 0 Å². The van der Waals surface area contributed by atoms with Gasteiger partial charge in [0.25, 0.3) is 0 Å². The summed E-state index contributed by atoms with van der Waals surface area (Å²) in [5.41, 5.74) is 13.7. The van der Waals surface area contributed by atoms with Gasteiger partial charge in [0.1, 0.15) is 5.66 Å². The van der Waals surface area contributed by atoms with Gasteiger partial charge in [0, 0.05) is 5.56 Å². The van der Waals surface area contributed by atoms with E-state index in [9.17, 15) is 0 Å². The number of para-hydroxylation sites is 1. The van der Waals surface area contributed by atoms with Crippen molar-refractivity contribution < 1.29 is 9.47 Å². The number of rotatable bonds is 2. The second-order valence-corrected chi connectivity index (χ2v) is 6.45. The average molecular weight is 329 g/mol. The lowest BCUT2D eigenvalue weighted by molar-refractivity contribution is -0.0437. The van der Waals surface area contributed by atoms with Crippen LogP contribution in [0.1, 0.15) is 44.0 Å². The van der Waals surface area contributed by atoms with E-state index in [4.69, 9.17) is 25.9 Å². The Labute approximate surface area is 141 Å². The van der Waals surface area contributed by atoms with Crippen LogP contribution in [-0.2, 0) is 9.47 Å². The molecule has 24 heavy (non-hydrogen) atoms. The highest BCUT2D eigenvalue weighted by molar-refractivity contribution is 6.06. The summed E-state index contributed by atoms with van der Waals surface area (Å²) in [5, 5.41) is 0. The highest BCUT2D eigenvalue weighted by atomic mass is 16.7. The Kier molecular flexibility index (Phi) is 3.90. The van der Waals surface area contributed by atoms with Gasteiger partial charge in [0.05, 0.1) is 18.9 Å². The van der Waals surface area contributed by atoms with Crippen molar-refractivity contribution in [2.45, 2.75) is 44.1 Å². The van der Waals surface area contributed by atoms with Gasteiger partial charge in [-0.05, 0) is 31.7 Å². The van der Waals surface area contributed by atoms with E-state index in [0.29, 0.717) is 19.2 Å². The quantitative estimate of drug-likeness (QED) is 0.862. The second-order valence-electron chi connectivity index (χ2n) is 6.45. The van der Waals surface area contributed by atoms with Crippen molar-refractivity contribution in [2.24, 2.45) is 21.5 Å². The molecule has 1 saturated heterocycles. The summed E-state index contributed by atoms with van der Waals surface area (Å²) in [6.07, 6.45) is 4.84. The first kappa shape index (κ1) is 15.4. The molecule has 128 valence electrons. The number of hydrogen-bond acceptors (Lipinski definition) is 7. The van der Waals surface area contributed by atoms with Crippen LogP contribution in [0, 0.1) is 0 Å². The molecule has 0 unspecified atom stereocenters. The van der Waals surface area contributed by atoms with Crippen LogP contribution in [0.5, 0.6) is 0 Å². The number of hydrogen-bond donors (Lipinski definition) is 2. The second kappa shape index (κ2) is 6.07. The zero-order chi connectivity index (χ0) is 16.6. The molecule has 1 aromatic rings. The molecular formula is C17H23N5O2. The predicted octanol–water partition coefficient (Wildman–Crippen LogP) is 1.84. The Morgan fingerprint density at radius 3 is 2.50 bits per heavy atom. The third-order valence-electron chi connectivity index (χ3n) is 4.90. The molecule has 4 N–H and O–H groups in total. The molecule has 4 rings (SSSR count). The SMILES string of the molecule is NC1=NC2(CCCCC2)N(c2ccccc2C2OCCO2)C(N)=N1. The maximum absolute atomic E-state index is 6.31. The highest BCUT2D eigenvalue weighted by Crippen LogP contribution is 2.42. The van der Waals surface area contributed by atoms with E-state index in [0.717, 1.165) is 36.9 Å². The Hall–Kier alpha value is -2.12. The number of nitrogens with zero attached hydrogens (tertiary/aromatic N) is 3. The highest BCUT2D eigenvalue weighted by Gasteiger charge is 2.43. The molecular weight excluding hydrogens is 306 g/mol. The van der Waals surface area contributed by atoms with Crippen molar-refractivity contribution in [1.82, 2.24) is 0 Å². The fourth-order valence-electron chi connectivity index (χ4n) is 3.90. The average Bonchev–Trinajstić information content (AvgIpc) is 3.09. The van der Waals surface area contributed by atoms with Gasteiger partial charge in [-0.2, -0.15) is 4.99 Å². The number of ether oxygens (including phenoxy) is 2. The van der Waals surface area contributed by atoms with Crippen LogP contribution in [0.25, 0.3) is 0 Å². The van der Waals surface area contributed by atoms with E-state index in [1.54, 1.807) is 0 Å². The van der Waals surface area contributed by atoms with Gasteiger partial charge in [0.2, 0.25) is 11.9 Å². The maximum Gasteiger partial charge on any atom is 0.220 e. The molecule has 0 radical (unpaired) electrons. The molecule has 0 aromatic heterocycles.